The molecule has 1 aromatic heterocycles. The average molecular weight is 439 g/mol. The van der Waals surface area contributed by atoms with Crippen molar-refractivity contribution in [3.05, 3.63) is 83.9 Å². The topological polar surface area (TPSA) is 79.1 Å². The fraction of sp³-hybridized carbons (Fsp3) is 0.185. The first kappa shape index (κ1) is 22.0. The van der Waals surface area contributed by atoms with Crippen LogP contribution >= 0.6 is 0 Å². The van der Waals surface area contributed by atoms with Crippen molar-refractivity contribution in [1.82, 2.24) is 9.88 Å². The molecule has 33 heavy (non-hydrogen) atoms. The summed E-state index contributed by atoms with van der Waals surface area (Å²) in [6.07, 6.45) is 0.863. The van der Waals surface area contributed by atoms with Crippen LogP contribution in [0, 0.1) is 11.3 Å². The highest BCUT2D eigenvalue weighted by Crippen LogP contribution is 2.36. The van der Waals surface area contributed by atoms with Gasteiger partial charge in [-0.05, 0) is 36.2 Å². The van der Waals surface area contributed by atoms with Crippen molar-refractivity contribution >= 4 is 22.6 Å². The molecular formula is C27H26N4O2. The number of anilines is 1. The van der Waals surface area contributed by atoms with Crippen molar-refractivity contribution in [2.24, 2.45) is 0 Å². The number of carbonyl (C=O) groups is 1. The maximum Gasteiger partial charge on any atom is 0.319 e. The number of ether oxygens (including phenoxy) is 1. The predicted molar refractivity (Wildman–Crippen MR) is 131 cm³/mol. The summed E-state index contributed by atoms with van der Waals surface area (Å²) in [5.74, 6) is 0.730. The lowest BCUT2D eigenvalue weighted by Crippen LogP contribution is -2.29. The smallest absolute Gasteiger partial charge is 0.319 e. The van der Waals surface area contributed by atoms with Crippen LogP contribution in [0.1, 0.15) is 24.5 Å². The first-order valence-electron chi connectivity index (χ1n) is 10.9. The van der Waals surface area contributed by atoms with Gasteiger partial charge in [0, 0.05) is 35.8 Å². The molecule has 6 heteroatoms. The molecule has 0 radical (unpaired) electrons. The van der Waals surface area contributed by atoms with Gasteiger partial charge in [0.2, 0.25) is 0 Å². The van der Waals surface area contributed by atoms with Crippen LogP contribution in [-0.4, -0.2) is 24.3 Å². The van der Waals surface area contributed by atoms with E-state index in [4.69, 9.17) is 4.74 Å². The van der Waals surface area contributed by atoms with Gasteiger partial charge in [0.25, 0.3) is 0 Å². The van der Waals surface area contributed by atoms with Crippen molar-refractivity contribution in [1.29, 1.82) is 5.26 Å². The molecule has 2 amide bonds. The summed E-state index contributed by atoms with van der Waals surface area (Å²) in [5.41, 5.74) is 4.96. The highest BCUT2D eigenvalue weighted by Gasteiger charge is 2.20. The van der Waals surface area contributed by atoms with Gasteiger partial charge in [-0.3, -0.25) is 0 Å². The predicted octanol–water partition coefficient (Wildman–Crippen LogP) is 5.77. The van der Waals surface area contributed by atoms with Gasteiger partial charge in [0.05, 0.1) is 23.9 Å². The van der Waals surface area contributed by atoms with Crippen molar-refractivity contribution in [2.75, 3.05) is 19.0 Å². The maximum absolute atomic E-state index is 12.2. The fourth-order valence-electron chi connectivity index (χ4n) is 3.96. The number of carbonyl (C=O) groups excluding carboxylic acids is 1. The zero-order chi connectivity index (χ0) is 23.2. The zero-order valence-electron chi connectivity index (χ0n) is 18.8. The van der Waals surface area contributed by atoms with E-state index in [-0.39, 0.29) is 6.03 Å². The van der Waals surface area contributed by atoms with Crippen molar-refractivity contribution < 1.29 is 9.53 Å². The molecule has 0 aliphatic heterocycles. The normalized spacial score (nSPS) is 10.6. The number of hydrogen-bond donors (Lipinski definition) is 2. The lowest BCUT2D eigenvalue weighted by Gasteiger charge is -2.14. The first-order valence-corrected chi connectivity index (χ1v) is 10.9. The van der Waals surface area contributed by atoms with Gasteiger partial charge in [-0.1, -0.05) is 49.4 Å². The highest BCUT2D eigenvalue weighted by atomic mass is 16.5. The molecule has 0 aliphatic rings. The number of fused-ring (bicyclic) bond motifs is 1. The van der Waals surface area contributed by atoms with Gasteiger partial charge in [-0.25, -0.2) is 4.79 Å². The van der Waals surface area contributed by atoms with Crippen LogP contribution < -0.4 is 15.4 Å². The molecule has 166 valence electrons. The van der Waals surface area contributed by atoms with E-state index in [0.717, 1.165) is 39.9 Å². The van der Waals surface area contributed by atoms with Gasteiger partial charge < -0.3 is 19.9 Å². The van der Waals surface area contributed by atoms with E-state index in [1.807, 2.05) is 67.6 Å². The van der Waals surface area contributed by atoms with E-state index < -0.39 is 0 Å². The molecule has 0 saturated heterocycles. The number of aromatic nitrogens is 1. The Morgan fingerprint density at radius 2 is 1.88 bits per heavy atom. The lowest BCUT2D eigenvalue weighted by atomic mass is 10.1. The lowest BCUT2D eigenvalue weighted by molar-refractivity contribution is 0.252. The van der Waals surface area contributed by atoms with E-state index in [9.17, 15) is 10.1 Å². The molecule has 6 nitrogen and oxygen atoms in total. The number of nitriles is 1. The minimum absolute atomic E-state index is 0.246. The summed E-state index contributed by atoms with van der Waals surface area (Å²) < 4.78 is 7.60. The molecule has 0 unspecified atom stereocenters. The van der Waals surface area contributed by atoms with Crippen LogP contribution in [0.4, 0.5) is 10.5 Å². The average Bonchev–Trinajstić information content (AvgIpc) is 3.15. The van der Waals surface area contributed by atoms with Crippen LogP contribution in [0.15, 0.2) is 72.8 Å². The molecule has 0 bridgehead atoms. The molecule has 3 aromatic carbocycles. The Labute approximate surface area is 193 Å². The summed E-state index contributed by atoms with van der Waals surface area (Å²) in [5, 5.41) is 16.7. The first-order chi connectivity index (χ1) is 16.1. The summed E-state index contributed by atoms with van der Waals surface area (Å²) in [4.78, 5) is 12.2. The van der Waals surface area contributed by atoms with E-state index >= 15 is 0 Å². The molecule has 0 aliphatic carbocycles. The highest BCUT2D eigenvalue weighted by molar-refractivity contribution is 5.96. The molecule has 4 rings (SSSR count). The van der Waals surface area contributed by atoms with Crippen LogP contribution in [0.5, 0.6) is 5.75 Å². The second-order valence-corrected chi connectivity index (χ2v) is 7.75. The van der Waals surface area contributed by atoms with E-state index in [2.05, 4.69) is 33.4 Å². The van der Waals surface area contributed by atoms with Crippen LogP contribution in [0.2, 0.25) is 0 Å². The maximum atomic E-state index is 12.2. The van der Waals surface area contributed by atoms with E-state index in [1.54, 1.807) is 7.11 Å². The number of benzene rings is 3. The third kappa shape index (κ3) is 4.68. The third-order valence-corrected chi connectivity index (χ3v) is 5.50. The number of nitrogens with one attached hydrogen (secondary N) is 2. The van der Waals surface area contributed by atoms with E-state index in [1.165, 1.54) is 0 Å². The number of rotatable bonds is 7. The van der Waals surface area contributed by atoms with Crippen molar-refractivity contribution in [3.63, 3.8) is 0 Å². The molecule has 0 fully saturated rings. The molecular weight excluding hydrogens is 412 g/mol. The van der Waals surface area contributed by atoms with Gasteiger partial charge in [-0.15, -0.1) is 0 Å². The van der Waals surface area contributed by atoms with Gasteiger partial charge in [0.1, 0.15) is 11.8 Å². The minimum Gasteiger partial charge on any atom is -0.497 e. The number of amides is 2. The Morgan fingerprint density at radius 3 is 2.61 bits per heavy atom. The molecule has 0 spiro atoms. The van der Waals surface area contributed by atoms with Crippen LogP contribution in [-0.2, 0) is 6.54 Å². The Balaban J connectivity index is 1.86. The summed E-state index contributed by atoms with van der Waals surface area (Å²) in [6, 6.07) is 25.6. The SMILES string of the molecule is CCCNC(=O)Nc1cccc(-c2c(C#N)c3ccc(OC)cc3n2Cc2ccccc2)c1. The largest absolute Gasteiger partial charge is 0.497 e. The Morgan fingerprint density at radius 1 is 1.06 bits per heavy atom. The second kappa shape index (κ2) is 9.92. The number of methoxy groups -OCH3 is 1. The minimum atomic E-state index is -0.246. The fourth-order valence-corrected chi connectivity index (χ4v) is 3.96. The van der Waals surface area contributed by atoms with Gasteiger partial charge in [-0.2, -0.15) is 5.26 Å². The summed E-state index contributed by atoms with van der Waals surface area (Å²) in [6.45, 7) is 3.21. The standard InChI is InChI=1S/C27H26N4O2/c1-3-14-29-27(32)30-21-11-7-10-20(15-21)26-24(17-28)23-13-12-22(33-2)16-25(23)31(26)18-19-8-5-4-6-9-19/h4-13,15-16H,3,14,18H2,1-2H3,(H2,29,30,32). The van der Waals surface area contributed by atoms with E-state index in [0.29, 0.717) is 24.3 Å². The van der Waals surface area contributed by atoms with Gasteiger partial charge in [0.15, 0.2) is 0 Å². The van der Waals surface area contributed by atoms with Crippen molar-refractivity contribution in [2.45, 2.75) is 19.9 Å². The quantitative estimate of drug-likeness (QED) is 0.384. The summed E-state index contributed by atoms with van der Waals surface area (Å²) >= 11 is 0. The summed E-state index contributed by atoms with van der Waals surface area (Å²) in [7, 11) is 1.64. The Kier molecular flexibility index (Phi) is 6.61. The Hall–Kier alpha value is -4.24. The van der Waals surface area contributed by atoms with Gasteiger partial charge >= 0.3 is 6.03 Å². The second-order valence-electron chi connectivity index (χ2n) is 7.75. The molecule has 0 atom stereocenters. The number of nitrogens with zero attached hydrogens (tertiary/aromatic N) is 2. The van der Waals surface area contributed by atoms with Crippen molar-refractivity contribution in [3.8, 4) is 23.1 Å². The molecule has 4 aromatic rings. The van der Waals surface area contributed by atoms with Crippen LogP contribution in [0.25, 0.3) is 22.2 Å². The number of hydrogen-bond acceptors (Lipinski definition) is 3. The molecule has 1 heterocycles. The van der Waals surface area contributed by atoms with Crippen LogP contribution in [0.3, 0.4) is 0 Å². The number of urea groups is 1. The Bertz CT molecular complexity index is 1320. The zero-order valence-corrected chi connectivity index (χ0v) is 18.8. The molecule has 0 saturated carbocycles. The molecule has 2 N–H and O–H groups in total. The monoisotopic (exact) mass is 438 g/mol. The third-order valence-electron chi connectivity index (χ3n) is 5.50.